The molecule has 3 N–H and O–H groups in total. The Labute approximate surface area is 106 Å². The first kappa shape index (κ1) is 12.2. The molecular weight excluding hydrogens is 228 g/mol. The number of hydrogen-bond acceptors (Lipinski definition) is 3. The number of nitrogens with zero attached hydrogens (tertiary/aromatic N) is 1. The maximum Gasteiger partial charge on any atom is 0.221 e. The number of rotatable bonds is 4. The average molecular weight is 244 g/mol. The molecule has 5 nitrogen and oxygen atoms in total. The molecule has 1 aromatic heterocycles. The van der Waals surface area contributed by atoms with E-state index in [1.165, 1.54) is 6.92 Å². The Morgan fingerprint density at radius 1 is 1.39 bits per heavy atom. The second-order valence-electron chi connectivity index (χ2n) is 4.16. The van der Waals surface area contributed by atoms with Gasteiger partial charge in [0.05, 0.1) is 11.9 Å². The standard InChI is InChI=1S/C13H16N4O/c1-9(16-13-7-14-15-8-13)11-4-3-5-12(6-11)17-10(2)18/h3-9,16H,1-2H3,(H,14,15)(H,17,18). The SMILES string of the molecule is CC(=O)Nc1cccc(C(C)Nc2cn[nH]c2)c1. The number of carbonyl (C=O) groups excluding carboxylic acids is 1. The van der Waals surface area contributed by atoms with Gasteiger partial charge in [-0.2, -0.15) is 5.10 Å². The first-order valence-electron chi connectivity index (χ1n) is 5.78. The minimum atomic E-state index is -0.0670. The number of aromatic amines is 1. The number of carbonyl (C=O) groups is 1. The van der Waals surface area contributed by atoms with Crippen molar-refractivity contribution in [3.63, 3.8) is 0 Å². The summed E-state index contributed by atoms with van der Waals surface area (Å²) in [5.74, 6) is -0.0670. The Kier molecular flexibility index (Phi) is 3.62. The molecule has 2 rings (SSSR count). The zero-order valence-electron chi connectivity index (χ0n) is 10.4. The van der Waals surface area contributed by atoms with E-state index in [1.807, 2.05) is 24.3 Å². The van der Waals surface area contributed by atoms with E-state index in [0.717, 1.165) is 16.9 Å². The minimum absolute atomic E-state index is 0.0670. The van der Waals surface area contributed by atoms with Crippen LogP contribution in [0.1, 0.15) is 25.5 Å². The zero-order valence-corrected chi connectivity index (χ0v) is 10.4. The molecule has 0 aliphatic carbocycles. The molecule has 0 aliphatic rings. The molecule has 0 radical (unpaired) electrons. The average Bonchev–Trinajstić information content (AvgIpc) is 2.81. The lowest BCUT2D eigenvalue weighted by molar-refractivity contribution is -0.114. The van der Waals surface area contributed by atoms with Gasteiger partial charge in [-0.25, -0.2) is 0 Å². The molecule has 2 aromatic rings. The highest BCUT2D eigenvalue weighted by Gasteiger charge is 2.06. The molecule has 1 heterocycles. The van der Waals surface area contributed by atoms with Crippen LogP contribution in [0.25, 0.3) is 0 Å². The first-order chi connectivity index (χ1) is 8.65. The topological polar surface area (TPSA) is 69.8 Å². The van der Waals surface area contributed by atoms with Crippen molar-refractivity contribution in [2.75, 3.05) is 10.6 Å². The van der Waals surface area contributed by atoms with E-state index in [1.54, 1.807) is 12.4 Å². The van der Waals surface area contributed by atoms with Crippen molar-refractivity contribution >= 4 is 17.3 Å². The molecule has 18 heavy (non-hydrogen) atoms. The van der Waals surface area contributed by atoms with Crippen molar-refractivity contribution < 1.29 is 4.79 Å². The van der Waals surface area contributed by atoms with Crippen LogP contribution in [0.5, 0.6) is 0 Å². The Bertz CT molecular complexity index is 522. The van der Waals surface area contributed by atoms with Gasteiger partial charge in [-0.3, -0.25) is 9.89 Å². The second-order valence-corrected chi connectivity index (χ2v) is 4.16. The van der Waals surface area contributed by atoms with Crippen LogP contribution in [0.4, 0.5) is 11.4 Å². The fraction of sp³-hybridized carbons (Fsp3) is 0.231. The monoisotopic (exact) mass is 244 g/mol. The predicted molar refractivity (Wildman–Crippen MR) is 71.4 cm³/mol. The molecule has 5 heteroatoms. The van der Waals surface area contributed by atoms with Gasteiger partial charge in [-0.15, -0.1) is 0 Å². The highest BCUT2D eigenvalue weighted by atomic mass is 16.1. The van der Waals surface area contributed by atoms with Crippen molar-refractivity contribution in [2.45, 2.75) is 19.9 Å². The predicted octanol–water partition coefficient (Wildman–Crippen LogP) is 2.54. The van der Waals surface area contributed by atoms with Crippen LogP contribution in [0.15, 0.2) is 36.7 Å². The Morgan fingerprint density at radius 2 is 2.22 bits per heavy atom. The number of amides is 1. The van der Waals surface area contributed by atoms with Crippen LogP contribution in [-0.4, -0.2) is 16.1 Å². The highest BCUT2D eigenvalue weighted by molar-refractivity contribution is 5.88. The van der Waals surface area contributed by atoms with E-state index in [2.05, 4.69) is 27.8 Å². The van der Waals surface area contributed by atoms with Crippen molar-refractivity contribution in [2.24, 2.45) is 0 Å². The van der Waals surface area contributed by atoms with Gasteiger partial charge in [0.15, 0.2) is 0 Å². The van der Waals surface area contributed by atoms with Crippen LogP contribution in [0, 0.1) is 0 Å². The summed E-state index contributed by atoms with van der Waals surface area (Å²) in [6.07, 6.45) is 3.53. The van der Waals surface area contributed by atoms with Crippen molar-refractivity contribution in [1.29, 1.82) is 0 Å². The van der Waals surface area contributed by atoms with Crippen molar-refractivity contribution in [3.8, 4) is 0 Å². The quantitative estimate of drug-likeness (QED) is 0.774. The normalized spacial score (nSPS) is 11.9. The van der Waals surface area contributed by atoms with E-state index < -0.39 is 0 Å². The van der Waals surface area contributed by atoms with Gasteiger partial charge in [0.25, 0.3) is 0 Å². The molecular formula is C13H16N4O. The summed E-state index contributed by atoms with van der Waals surface area (Å²) >= 11 is 0. The van der Waals surface area contributed by atoms with Gasteiger partial charge in [-0.1, -0.05) is 12.1 Å². The van der Waals surface area contributed by atoms with E-state index >= 15 is 0 Å². The number of anilines is 2. The van der Waals surface area contributed by atoms with E-state index in [4.69, 9.17) is 0 Å². The third-order valence-corrected chi connectivity index (χ3v) is 2.59. The lowest BCUT2D eigenvalue weighted by Gasteiger charge is -2.15. The van der Waals surface area contributed by atoms with Gasteiger partial charge in [0, 0.05) is 24.8 Å². The molecule has 1 unspecified atom stereocenters. The van der Waals surface area contributed by atoms with Crippen LogP contribution in [-0.2, 0) is 4.79 Å². The van der Waals surface area contributed by atoms with Crippen molar-refractivity contribution in [3.05, 3.63) is 42.2 Å². The largest absolute Gasteiger partial charge is 0.376 e. The summed E-state index contributed by atoms with van der Waals surface area (Å²) in [5, 5.41) is 12.7. The van der Waals surface area contributed by atoms with Gasteiger partial charge < -0.3 is 10.6 Å². The van der Waals surface area contributed by atoms with Crippen molar-refractivity contribution in [1.82, 2.24) is 10.2 Å². The third-order valence-electron chi connectivity index (χ3n) is 2.59. The molecule has 0 fully saturated rings. The summed E-state index contributed by atoms with van der Waals surface area (Å²) in [6, 6.07) is 7.91. The highest BCUT2D eigenvalue weighted by Crippen LogP contribution is 2.21. The fourth-order valence-corrected chi connectivity index (χ4v) is 1.75. The fourth-order valence-electron chi connectivity index (χ4n) is 1.75. The maximum absolute atomic E-state index is 11.0. The Morgan fingerprint density at radius 3 is 2.89 bits per heavy atom. The van der Waals surface area contributed by atoms with E-state index in [0.29, 0.717) is 0 Å². The molecule has 1 aromatic carbocycles. The molecule has 0 aliphatic heterocycles. The van der Waals surface area contributed by atoms with E-state index in [9.17, 15) is 4.79 Å². The van der Waals surface area contributed by atoms with Gasteiger partial charge in [0.1, 0.15) is 0 Å². The molecule has 0 spiro atoms. The molecule has 1 atom stereocenters. The van der Waals surface area contributed by atoms with Crippen LogP contribution >= 0.6 is 0 Å². The van der Waals surface area contributed by atoms with E-state index in [-0.39, 0.29) is 11.9 Å². The van der Waals surface area contributed by atoms with Gasteiger partial charge in [0.2, 0.25) is 5.91 Å². The third kappa shape index (κ3) is 3.10. The summed E-state index contributed by atoms with van der Waals surface area (Å²) in [6.45, 7) is 3.56. The number of hydrogen-bond donors (Lipinski definition) is 3. The van der Waals surface area contributed by atoms with Gasteiger partial charge >= 0.3 is 0 Å². The summed E-state index contributed by atoms with van der Waals surface area (Å²) in [5.41, 5.74) is 2.84. The first-order valence-corrected chi connectivity index (χ1v) is 5.78. The van der Waals surface area contributed by atoms with Crippen LogP contribution < -0.4 is 10.6 Å². The maximum atomic E-state index is 11.0. The van der Waals surface area contributed by atoms with Gasteiger partial charge in [-0.05, 0) is 24.6 Å². The van der Waals surface area contributed by atoms with Crippen LogP contribution in [0.2, 0.25) is 0 Å². The zero-order chi connectivity index (χ0) is 13.0. The molecule has 0 saturated carbocycles. The summed E-state index contributed by atoms with van der Waals surface area (Å²) < 4.78 is 0. The molecule has 0 bridgehead atoms. The summed E-state index contributed by atoms with van der Waals surface area (Å²) in [7, 11) is 0. The number of H-pyrrole nitrogens is 1. The smallest absolute Gasteiger partial charge is 0.221 e. The molecule has 1 amide bonds. The number of benzene rings is 1. The number of nitrogens with one attached hydrogen (secondary N) is 3. The minimum Gasteiger partial charge on any atom is -0.376 e. The van der Waals surface area contributed by atoms with Crippen LogP contribution in [0.3, 0.4) is 0 Å². The molecule has 0 saturated heterocycles. The Hall–Kier alpha value is -2.30. The number of aromatic nitrogens is 2. The lowest BCUT2D eigenvalue weighted by Crippen LogP contribution is -2.09. The second kappa shape index (κ2) is 5.35. The molecule has 94 valence electrons. The Balaban J connectivity index is 2.10. The lowest BCUT2D eigenvalue weighted by atomic mass is 10.1. The summed E-state index contributed by atoms with van der Waals surface area (Å²) in [4.78, 5) is 11.0.